The summed E-state index contributed by atoms with van der Waals surface area (Å²) in [5.41, 5.74) is -1.16. The van der Waals surface area contributed by atoms with Gasteiger partial charge in [-0.05, 0) is 38.1 Å². The van der Waals surface area contributed by atoms with Crippen molar-refractivity contribution in [2.24, 2.45) is 0 Å². The Hall–Kier alpha value is -3.67. The zero-order valence-electron chi connectivity index (χ0n) is 17.7. The maximum absolute atomic E-state index is 13.6. The molecule has 0 radical (unpaired) electrons. The fourth-order valence-electron chi connectivity index (χ4n) is 3.31. The van der Waals surface area contributed by atoms with Crippen molar-refractivity contribution in [2.75, 3.05) is 17.7 Å². The van der Waals surface area contributed by atoms with Crippen LogP contribution in [0.4, 0.5) is 24.0 Å². The smallest absolute Gasteiger partial charge is 0.372 e. The number of thiazole rings is 1. The average Bonchev–Trinajstić information content (AvgIpc) is 3.37. The van der Waals surface area contributed by atoms with Crippen molar-refractivity contribution in [3.63, 3.8) is 0 Å². The Balaban J connectivity index is 1.63. The second-order valence-electron chi connectivity index (χ2n) is 7.81. The number of carbonyl (C=O) groups is 2. The summed E-state index contributed by atoms with van der Waals surface area (Å²) < 4.78 is 41.0. The van der Waals surface area contributed by atoms with Crippen molar-refractivity contribution in [1.82, 2.24) is 20.5 Å². The number of aromatic amines is 1. The lowest BCUT2D eigenvalue weighted by Crippen LogP contribution is -2.44. The van der Waals surface area contributed by atoms with Crippen molar-refractivity contribution in [1.29, 1.82) is 0 Å². The van der Waals surface area contributed by atoms with Gasteiger partial charge in [-0.25, -0.2) is 4.98 Å². The molecule has 0 aliphatic rings. The van der Waals surface area contributed by atoms with E-state index in [4.69, 9.17) is 0 Å². The van der Waals surface area contributed by atoms with Crippen molar-refractivity contribution in [2.45, 2.75) is 25.6 Å². The number of hydrogen-bond donors (Lipinski definition) is 4. The second-order valence-corrected chi connectivity index (χ2v) is 8.81. The first-order valence-corrected chi connectivity index (χ1v) is 10.6. The highest BCUT2D eigenvalue weighted by atomic mass is 32.1. The van der Waals surface area contributed by atoms with Gasteiger partial charge in [0.05, 0.1) is 27.5 Å². The van der Waals surface area contributed by atoms with E-state index >= 15 is 0 Å². The summed E-state index contributed by atoms with van der Waals surface area (Å²) >= 11 is 0.938. The van der Waals surface area contributed by atoms with E-state index < -0.39 is 23.2 Å². The second kappa shape index (κ2) is 8.03. The highest BCUT2D eigenvalue weighted by Crippen LogP contribution is 2.41. The average molecular weight is 476 g/mol. The number of nitrogens with one attached hydrogen (secondary N) is 4. The van der Waals surface area contributed by atoms with Gasteiger partial charge < -0.3 is 10.6 Å². The molecule has 0 aliphatic carbocycles. The molecular formula is C21H19F3N6O2S. The van der Waals surface area contributed by atoms with Gasteiger partial charge in [0.15, 0.2) is 5.13 Å². The van der Waals surface area contributed by atoms with Crippen LogP contribution in [-0.2, 0) is 11.0 Å². The van der Waals surface area contributed by atoms with Crippen LogP contribution >= 0.6 is 11.3 Å². The Morgan fingerprint density at radius 2 is 1.91 bits per heavy atom. The van der Waals surface area contributed by atoms with Crippen LogP contribution in [0.25, 0.3) is 21.1 Å². The molecule has 0 atom stereocenters. The molecule has 0 saturated carbocycles. The number of benzene rings is 2. The highest BCUT2D eigenvalue weighted by molar-refractivity contribution is 7.23. The summed E-state index contributed by atoms with van der Waals surface area (Å²) in [6.45, 7) is 3.22. The zero-order chi connectivity index (χ0) is 24.0. The van der Waals surface area contributed by atoms with E-state index in [0.717, 1.165) is 17.4 Å². The Kier molecular flexibility index (Phi) is 5.48. The summed E-state index contributed by atoms with van der Waals surface area (Å²) in [6, 6.07) is 7.55. The van der Waals surface area contributed by atoms with Crippen LogP contribution < -0.4 is 16.0 Å². The van der Waals surface area contributed by atoms with Crippen molar-refractivity contribution in [3.8, 4) is 0 Å². The molecule has 172 valence electrons. The molecule has 0 bridgehead atoms. The van der Waals surface area contributed by atoms with E-state index in [-0.39, 0.29) is 26.8 Å². The third-order valence-electron chi connectivity index (χ3n) is 4.99. The summed E-state index contributed by atoms with van der Waals surface area (Å²) in [6.07, 6.45) is -3.20. The lowest BCUT2D eigenvalue weighted by molar-refractivity contribution is -0.136. The van der Waals surface area contributed by atoms with E-state index in [1.54, 1.807) is 38.1 Å². The normalized spacial score (nSPS) is 12.2. The Labute approximate surface area is 189 Å². The van der Waals surface area contributed by atoms with Crippen molar-refractivity contribution in [3.05, 3.63) is 47.7 Å². The van der Waals surface area contributed by atoms with Crippen molar-refractivity contribution >= 4 is 55.1 Å². The third kappa shape index (κ3) is 4.33. The fourth-order valence-corrected chi connectivity index (χ4v) is 4.31. The largest absolute Gasteiger partial charge is 0.418 e. The molecule has 2 heterocycles. The molecule has 4 rings (SSSR count). The molecule has 4 N–H and O–H groups in total. The van der Waals surface area contributed by atoms with E-state index in [2.05, 4.69) is 31.1 Å². The first kappa shape index (κ1) is 22.5. The van der Waals surface area contributed by atoms with E-state index in [9.17, 15) is 22.8 Å². The number of nitrogens with zero attached hydrogens (tertiary/aromatic N) is 2. The van der Waals surface area contributed by atoms with Crippen LogP contribution in [0.3, 0.4) is 0 Å². The molecule has 0 unspecified atom stereocenters. The molecule has 2 aromatic carbocycles. The summed E-state index contributed by atoms with van der Waals surface area (Å²) in [5.74, 6) is -0.787. The van der Waals surface area contributed by atoms with Gasteiger partial charge in [-0.3, -0.25) is 20.0 Å². The molecule has 0 spiro atoms. The molecule has 4 aromatic rings. The number of aromatic nitrogens is 3. The molecule has 2 amide bonds. The lowest BCUT2D eigenvalue weighted by atomic mass is 10.0. The summed E-state index contributed by atoms with van der Waals surface area (Å²) in [4.78, 5) is 28.9. The monoisotopic (exact) mass is 476 g/mol. The lowest BCUT2D eigenvalue weighted by Gasteiger charge is -2.26. The van der Waals surface area contributed by atoms with Gasteiger partial charge in [-0.2, -0.15) is 18.3 Å². The topological polar surface area (TPSA) is 112 Å². The van der Waals surface area contributed by atoms with Crippen LogP contribution in [0.5, 0.6) is 0 Å². The van der Waals surface area contributed by atoms with Gasteiger partial charge in [0.2, 0.25) is 0 Å². The van der Waals surface area contributed by atoms with Gasteiger partial charge in [0, 0.05) is 23.7 Å². The van der Waals surface area contributed by atoms with E-state index in [1.807, 2.05) is 0 Å². The van der Waals surface area contributed by atoms with Crippen LogP contribution in [-0.4, -0.2) is 39.6 Å². The molecule has 2 aromatic heterocycles. The predicted molar refractivity (Wildman–Crippen MR) is 120 cm³/mol. The van der Waals surface area contributed by atoms with Crippen LogP contribution in [0.1, 0.15) is 29.8 Å². The highest BCUT2D eigenvalue weighted by Gasteiger charge is 2.36. The Bertz CT molecular complexity index is 1380. The number of H-pyrrole nitrogens is 1. The Morgan fingerprint density at radius 3 is 2.61 bits per heavy atom. The number of halogens is 3. The quantitative estimate of drug-likeness (QED) is 0.342. The summed E-state index contributed by atoms with van der Waals surface area (Å²) in [5, 5.41) is 15.1. The van der Waals surface area contributed by atoms with Crippen LogP contribution in [0, 0.1) is 0 Å². The van der Waals surface area contributed by atoms with Gasteiger partial charge in [-0.1, -0.05) is 17.4 Å². The number of alkyl halides is 3. The summed E-state index contributed by atoms with van der Waals surface area (Å²) in [7, 11) is 1.51. The van der Waals surface area contributed by atoms with E-state index in [1.165, 1.54) is 13.2 Å². The number of rotatable bonds is 5. The maximum atomic E-state index is 13.6. The number of anilines is 2. The van der Waals surface area contributed by atoms with Gasteiger partial charge in [-0.15, -0.1) is 0 Å². The molecule has 0 aliphatic heterocycles. The number of amides is 2. The van der Waals surface area contributed by atoms with Gasteiger partial charge >= 0.3 is 6.18 Å². The number of fused-ring (bicyclic) bond motifs is 3. The van der Waals surface area contributed by atoms with Crippen LogP contribution in [0.15, 0.2) is 36.5 Å². The molecule has 8 nitrogen and oxygen atoms in total. The number of hydrogen-bond acceptors (Lipinski definition) is 6. The predicted octanol–water partition coefficient (Wildman–Crippen LogP) is 4.38. The standard InChI is InChI=1S/C21H19F3N6O2S/c1-20(2,29-11-6-4-5-10(7-11)17(31)25-3)18(32)28-19-27-15-13(21(22,23)24)8-14-12(9-26-30-14)16(15)33-19/h4-9,29H,1-3H3,(H,25,31)(H,26,30)(H,27,28,32). The molecule has 0 fully saturated rings. The zero-order valence-corrected chi connectivity index (χ0v) is 18.5. The fraction of sp³-hybridized carbons (Fsp3) is 0.238. The van der Waals surface area contributed by atoms with Gasteiger partial charge in [0.25, 0.3) is 11.8 Å². The van der Waals surface area contributed by atoms with E-state index in [0.29, 0.717) is 16.6 Å². The SMILES string of the molecule is CNC(=O)c1cccc(NC(C)(C)C(=O)Nc2nc3c(C(F)(F)F)cc4[nH]ncc4c3s2)c1. The minimum absolute atomic E-state index is 0.0307. The Morgan fingerprint density at radius 1 is 1.15 bits per heavy atom. The first-order chi connectivity index (χ1) is 15.5. The van der Waals surface area contributed by atoms with Gasteiger partial charge in [0.1, 0.15) is 5.54 Å². The number of carbonyl (C=O) groups excluding carboxylic acids is 2. The first-order valence-electron chi connectivity index (χ1n) is 9.75. The van der Waals surface area contributed by atoms with Crippen molar-refractivity contribution < 1.29 is 22.8 Å². The minimum atomic E-state index is -4.62. The molecule has 0 saturated heterocycles. The molecule has 33 heavy (non-hydrogen) atoms. The van der Waals surface area contributed by atoms with Crippen LogP contribution in [0.2, 0.25) is 0 Å². The maximum Gasteiger partial charge on any atom is 0.418 e. The minimum Gasteiger partial charge on any atom is -0.372 e. The third-order valence-corrected chi connectivity index (χ3v) is 5.99. The molecular weight excluding hydrogens is 457 g/mol. The molecule has 12 heteroatoms.